The molecule has 0 bridgehead atoms. The molecule has 1 aromatic heterocycles. The quantitative estimate of drug-likeness (QED) is 0.683. The van der Waals surface area contributed by atoms with Crippen molar-refractivity contribution >= 4 is 5.96 Å². The van der Waals surface area contributed by atoms with Gasteiger partial charge in [0.05, 0.1) is 5.69 Å². The summed E-state index contributed by atoms with van der Waals surface area (Å²) in [6, 6.07) is 2.11. The molecule has 0 radical (unpaired) electrons. The number of hydrogen-bond acceptors (Lipinski definition) is 2. The fourth-order valence-electron chi connectivity index (χ4n) is 2.96. The van der Waals surface area contributed by atoms with Gasteiger partial charge in [-0.2, -0.15) is 5.10 Å². The van der Waals surface area contributed by atoms with Crippen LogP contribution in [0.5, 0.6) is 0 Å². The Balaban J connectivity index is 1.86. The smallest absolute Gasteiger partial charge is 0.191 e. The van der Waals surface area contributed by atoms with Gasteiger partial charge in [0.15, 0.2) is 5.96 Å². The lowest BCUT2D eigenvalue weighted by Crippen LogP contribution is -2.43. The van der Waals surface area contributed by atoms with Crippen LogP contribution in [0.3, 0.4) is 0 Å². The van der Waals surface area contributed by atoms with E-state index in [1.165, 1.54) is 18.5 Å². The first-order valence-electron chi connectivity index (χ1n) is 8.01. The number of guanidine groups is 1. The molecular weight excluding hydrogens is 262 g/mol. The Labute approximate surface area is 128 Å². The molecule has 1 saturated heterocycles. The predicted molar refractivity (Wildman–Crippen MR) is 87.3 cm³/mol. The van der Waals surface area contributed by atoms with Crippen LogP contribution in [0.1, 0.15) is 38.1 Å². The largest absolute Gasteiger partial charge is 0.370 e. The van der Waals surface area contributed by atoms with Gasteiger partial charge in [0.2, 0.25) is 0 Å². The first-order valence-corrected chi connectivity index (χ1v) is 8.01. The molecule has 0 aromatic carbocycles. The number of rotatable bonds is 4. The van der Waals surface area contributed by atoms with E-state index in [2.05, 4.69) is 46.5 Å². The van der Waals surface area contributed by atoms with Crippen LogP contribution < -0.4 is 5.73 Å². The highest BCUT2D eigenvalue weighted by Gasteiger charge is 2.17. The van der Waals surface area contributed by atoms with Gasteiger partial charge in [0.25, 0.3) is 0 Å². The van der Waals surface area contributed by atoms with E-state index < -0.39 is 0 Å². The molecule has 0 unspecified atom stereocenters. The molecule has 5 heteroatoms. The molecule has 2 atom stereocenters. The molecule has 0 spiro atoms. The van der Waals surface area contributed by atoms with Crippen molar-refractivity contribution in [3.8, 4) is 0 Å². The van der Waals surface area contributed by atoms with E-state index in [9.17, 15) is 0 Å². The highest BCUT2D eigenvalue weighted by atomic mass is 15.3. The summed E-state index contributed by atoms with van der Waals surface area (Å²) in [6.45, 7) is 12.4. The zero-order chi connectivity index (χ0) is 15.4. The topological polar surface area (TPSA) is 59.4 Å². The van der Waals surface area contributed by atoms with E-state index in [1.54, 1.807) is 0 Å². The Kier molecular flexibility index (Phi) is 5.26. The minimum Gasteiger partial charge on any atom is -0.370 e. The fourth-order valence-corrected chi connectivity index (χ4v) is 2.96. The first-order chi connectivity index (χ1) is 9.95. The monoisotopic (exact) mass is 291 g/mol. The average Bonchev–Trinajstić information content (AvgIpc) is 2.74. The van der Waals surface area contributed by atoms with Crippen LogP contribution >= 0.6 is 0 Å². The van der Waals surface area contributed by atoms with Crippen molar-refractivity contribution in [3.05, 3.63) is 17.5 Å². The molecule has 5 nitrogen and oxygen atoms in total. The summed E-state index contributed by atoms with van der Waals surface area (Å²) in [5.74, 6) is 1.87. The third-order valence-corrected chi connectivity index (χ3v) is 4.13. The normalized spacial score (nSPS) is 21.6. The molecule has 0 amide bonds. The van der Waals surface area contributed by atoms with E-state index in [0.29, 0.717) is 11.9 Å². The third kappa shape index (κ3) is 4.48. The summed E-state index contributed by atoms with van der Waals surface area (Å²) in [5.41, 5.74) is 8.42. The van der Waals surface area contributed by atoms with Crippen molar-refractivity contribution in [1.82, 2.24) is 14.7 Å². The van der Waals surface area contributed by atoms with E-state index in [4.69, 9.17) is 5.73 Å². The van der Waals surface area contributed by atoms with E-state index in [1.807, 2.05) is 6.92 Å². The van der Waals surface area contributed by atoms with Crippen LogP contribution in [0.25, 0.3) is 0 Å². The van der Waals surface area contributed by atoms with Crippen LogP contribution in [-0.2, 0) is 6.54 Å². The number of nitrogens with two attached hydrogens (primary N) is 1. The zero-order valence-electron chi connectivity index (χ0n) is 13.8. The third-order valence-electron chi connectivity index (χ3n) is 4.13. The summed E-state index contributed by atoms with van der Waals surface area (Å²) in [6.07, 6.45) is 2.52. The van der Waals surface area contributed by atoms with E-state index in [0.717, 1.165) is 37.8 Å². The minimum absolute atomic E-state index is 0.434. The molecule has 2 N–H and O–H groups in total. The second kappa shape index (κ2) is 6.96. The number of nitrogens with zero attached hydrogens (tertiary/aromatic N) is 4. The number of aryl methyl sites for hydroxylation is 2. The lowest BCUT2D eigenvalue weighted by Gasteiger charge is -2.31. The van der Waals surface area contributed by atoms with Crippen LogP contribution in [0, 0.1) is 25.7 Å². The molecule has 0 aliphatic carbocycles. The molecular formula is C16H29N5. The van der Waals surface area contributed by atoms with Crippen molar-refractivity contribution in [3.63, 3.8) is 0 Å². The summed E-state index contributed by atoms with van der Waals surface area (Å²) < 4.78 is 2.06. The van der Waals surface area contributed by atoms with Gasteiger partial charge >= 0.3 is 0 Å². The Morgan fingerprint density at radius 2 is 2.29 bits per heavy atom. The molecule has 2 rings (SSSR count). The summed E-state index contributed by atoms with van der Waals surface area (Å²) in [5, 5.41) is 4.50. The second-order valence-corrected chi connectivity index (χ2v) is 6.61. The summed E-state index contributed by atoms with van der Waals surface area (Å²) in [4.78, 5) is 6.82. The Morgan fingerprint density at radius 1 is 1.52 bits per heavy atom. The van der Waals surface area contributed by atoms with Crippen molar-refractivity contribution in [2.75, 3.05) is 19.6 Å². The summed E-state index contributed by atoms with van der Waals surface area (Å²) >= 11 is 0. The lowest BCUT2D eigenvalue weighted by molar-refractivity contribution is 0.269. The van der Waals surface area contributed by atoms with Gasteiger partial charge in [-0.1, -0.05) is 13.8 Å². The SMILES string of the molecule is Cc1cc(C)n(C[C@H](C)CN=C(N)N2CCC[C@@H](C)C2)n1. The molecule has 118 valence electrons. The standard InChI is InChI=1S/C16H29N5/c1-12-6-5-7-20(10-12)16(17)18-9-13(2)11-21-15(4)8-14(3)19-21/h8,12-13H,5-7,9-11H2,1-4H3,(H2,17,18)/t12-,13-/m1/s1. The van der Waals surface area contributed by atoms with Gasteiger partial charge in [-0.15, -0.1) is 0 Å². The number of hydrogen-bond donors (Lipinski definition) is 1. The first kappa shape index (κ1) is 15.9. The zero-order valence-corrected chi connectivity index (χ0v) is 13.8. The van der Waals surface area contributed by atoms with Crippen LogP contribution in [0.15, 0.2) is 11.1 Å². The maximum Gasteiger partial charge on any atom is 0.191 e. The number of aromatic nitrogens is 2. The van der Waals surface area contributed by atoms with Crippen molar-refractivity contribution < 1.29 is 0 Å². The molecule has 21 heavy (non-hydrogen) atoms. The Hall–Kier alpha value is -1.52. The van der Waals surface area contributed by atoms with Gasteiger partial charge in [0.1, 0.15) is 0 Å². The van der Waals surface area contributed by atoms with E-state index >= 15 is 0 Å². The molecule has 2 heterocycles. The Bertz CT molecular complexity index is 491. The highest BCUT2D eigenvalue weighted by molar-refractivity contribution is 5.78. The van der Waals surface area contributed by atoms with Gasteiger partial charge in [-0.05, 0) is 44.6 Å². The highest BCUT2D eigenvalue weighted by Crippen LogP contribution is 2.15. The van der Waals surface area contributed by atoms with Gasteiger partial charge in [-0.3, -0.25) is 9.67 Å². The van der Waals surface area contributed by atoms with Crippen molar-refractivity contribution in [2.24, 2.45) is 22.6 Å². The van der Waals surface area contributed by atoms with Gasteiger partial charge in [-0.25, -0.2) is 0 Å². The molecule has 1 aliphatic heterocycles. The number of likely N-dealkylation sites (tertiary alicyclic amines) is 1. The number of piperidine rings is 1. The fraction of sp³-hybridized carbons (Fsp3) is 0.750. The molecule has 1 aromatic rings. The summed E-state index contributed by atoms with van der Waals surface area (Å²) in [7, 11) is 0. The average molecular weight is 291 g/mol. The minimum atomic E-state index is 0.434. The van der Waals surface area contributed by atoms with Crippen LogP contribution in [-0.4, -0.2) is 40.3 Å². The van der Waals surface area contributed by atoms with Gasteiger partial charge < -0.3 is 10.6 Å². The Morgan fingerprint density at radius 3 is 2.90 bits per heavy atom. The molecule has 0 saturated carbocycles. The van der Waals surface area contributed by atoms with Gasteiger partial charge in [0, 0.05) is 31.9 Å². The second-order valence-electron chi connectivity index (χ2n) is 6.61. The number of aliphatic imine (C=N–C) groups is 1. The van der Waals surface area contributed by atoms with Crippen LogP contribution in [0.2, 0.25) is 0 Å². The van der Waals surface area contributed by atoms with Crippen LogP contribution in [0.4, 0.5) is 0 Å². The van der Waals surface area contributed by atoms with Crippen molar-refractivity contribution in [1.29, 1.82) is 0 Å². The maximum atomic E-state index is 6.14. The maximum absolute atomic E-state index is 6.14. The van der Waals surface area contributed by atoms with E-state index in [-0.39, 0.29) is 0 Å². The molecule has 1 aliphatic rings. The predicted octanol–water partition coefficient (Wildman–Crippen LogP) is 2.18. The van der Waals surface area contributed by atoms with Crippen molar-refractivity contribution in [2.45, 2.75) is 47.1 Å². The molecule has 1 fully saturated rings. The lowest BCUT2D eigenvalue weighted by atomic mass is 10.0.